The summed E-state index contributed by atoms with van der Waals surface area (Å²) in [7, 11) is 0. The van der Waals surface area contributed by atoms with Gasteiger partial charge in [0.15, 0.2) is 5.78 Å². The van der Waals surface area contributed by atoms with Gasteiger partial charge in [-0.2, -0.15) is 0 Å². The van der Waals surface area contributed by atoms with E-state index in [1.54, 1.807) is 0 Å². The Bertz CT molecular complexity index is 592. The van der Waals surface area contributed by atoms with Crippen LogP contribution in [0.5, 0.6) is 0 Å². The fraction of sp³-hybridized carbons (Fsp3) is 0.529. The Morgan fingerprint density at radius 3 is 2.68 bits per heavy atom. The average Bonchev–Trinajstić information content (AvgIpc) is 2.73. The summed E-state index contributed by atoms with van der Waals surface area (Å²) in [6.45, 7) is 7.43. The lowest BCUT2D eigenvalue weighted by Gasteiger charge is -2.25. The maximum atomic E-state index is 12.6. The molecular weight excluding hydrogens is 346 g/mol. The van der Waals surface area contributed by atoms with Gasteiger partial charge in [-0.3, -0.25) is 4.79 Å². The van der Waals surface area contributed by atoms with Gasteiger partial charge in [0.1, 0.15) is 5.60 Å². The minimum Gasteiger partial charge on any atom is -0.444 e. The summed E-state index contributed by atoms with van der Waals surface area (Å²) in [4.78, 5) is 24.6. The number of carbonyl (C=O) groups is 2. The molecule has 1 N–H and O–H groups in total. The third-order valence-corrected chi connectivity index (χ3v) is 4.52. The van der Waals surface area contributed by atoms with Gasteiger partial charge in [-0.1, -0.05) is 35.0 Å². The highest BCUT2D eigenvalue weighted by atomic mass is 79.9. The van der Waals surface area contributed by atoms with Crippen LogP contribution in [-0.4, -0.2) is 23.5 Å². The highest BCUT2D eigenvalue weighted by Gasteiger charge is 2.37. The molecule has 5 heteroatoms. The topological polar surface area (TPSA) is 55.4 Å². The first-order chi connectivity index (χ1) is 10.2. The molecule has 0 aromatic heterocycles. The van der Waals surface area contributed by atoms with Crippen molar-refractivity contribution in [2.75, 3.05) is 0 Å². The second-order valence-corrected chi connectivity index (χ2v) is 7.46. The molecule has 2 atom stereocenters. The molecule has 1 aromatic carbocycles. The molecule has 2 rings (SSSR count). The smallest absolute Gasteiger partial charge is 0.407 e. The minimum atomic E-state index is -0.548. The van der Waals surface area contributed by atoms with Crippen molar-refractivity contribution < 1.29 is 14.3 Å². The summed E-state index contributed by atoms with van der Waals surface area (Å²) in [5.74, 6) is -0.134. The molecule has 0 spiro atoms. The maximum Gasteiger partial charge on any atom is 0.407 e. The molecule has 1 aromatic rings. The SMILES string of the molecule is CCC(NC(=O)OC(C)(C)C)C1Cc2c(Br)cccc2C1=O. The quantitative estimate of drug-likeness (QED) is 0.874. The van der Waals surface area contributed by atoms with E-state index in [4.69, 9.17) is 4.74 Å². The van der Waals surface area contributed by atoms with Gasteiger partial charge in [-0.05, 0) is 45.2 Å². The first-order valence-corrected chi connectivity index (χ1v) is 8.33. The van der Waals surface area contributed by atoms with Crippen molar-refractivity contribution in [3.63, 3.8) is 0 Å². The molecule has 2 unspecified atom stereocenters. The maximum absolute atomic E-state index is 12.6. The molecule has 22 heavy (non-hydrogen) atoms. The Labute approximate surface area is 139 Å². The Kier molecular flexibility index (Phi) is 4.95. The normalized spacial score (nSPS) is 18.8. The van der Waals surface area contributed by atoms with E-state index in [0.29, 0.717) is 12.8 Å². The lowest BCUT2D eigenvalue weighted by Crippen LogP contribution is -2.44. The number of rotatable bonds is 3. The number of ether oxygens (including phenoxy) is 1. The number of nitrogens with one attached hydrogen (secondary N) is 1. The number of carbonyl (C=O) groups excluding carboxylic acids is 2. The van der Waals surface area contributed by atoms with E-state index in [2.05, 4.69) is 21.2 Å². The fourth-order valence-electron chi connectivity index (χ4n) is 2.78. The molecule has 120 valence electrons. The van der Waals surface area contributed by atoms with Crippen LogP contribution in [0, 0.1) is 5.92 Å². The van der Waals surface area contributed by atoms with Gasteiger partial charge >= 0.3 is 6.09 Å². The van der Waals surface area contributed by atoms with E-state index >= 15 is 0 Å². The van der Waals surface area contributed by atoms with Crippen LogP contribution in [0.2, 0.25) is 0 Å². The van der Waals surface area contributed by atoms with Crippen LogP contribution in [-0.2, 0) is 11.2 Å². The molecule has 0 heterocycles. The molecule has 1 aliphatic rings. The monoisotopic (exact) mass is 367 g/mol. The van der Waals surface area contributed by atoms with E-state index < -0.39 is 11.7 Å². The van der Waals surface area contributed by atoms with Crippen LogP contribution in [0.15, 0.2) is 22.7 Å². The Hall–Kier alpha value is -1.36. The van der Waals surface area contributed by atoms with Crippen molar-refractivity contribution in [3.8, 4) is 0 Å². The van der Waals surface area contributed by atoms with Crippen LogP contribution in [0.1, 0.15) is 50.0 Å². The third kappa shape index (κ3) is 3.69. The molecule has 0 aliphatic heterocycles. The average molecular weight is 368 g/mol. The van der Waals surface area contributed by atoms with Gasteiger partial charge in [0.05, 0.1) is 0 Å². The summed E-state index contributed by atoms with van der Waals surface area (Å²) in [6, 6.07) is 5.44. The Balaban J connectivity index is 2.12. The number of Topliss-reactive ketones (excluding diaryl/α,β-unsaturated/α-hetero) is 1. The predicted molar refractivity (Wildman–Crippen MR) is 89.1 cm³/mol. The molecule has 0 bridgehead atoms. The first kappa shape index (κ1) is 17.0. The van der Waals surface area contributed by atoms with E-state index in [1.807, 2.05) is 45.9 Å². The third-order valence-electron chi connectivity index (χ3n) is 3.77. The summed E-state index contributed by atoms with van der Waals surface area (Å²) in [5.41, 5.74) is 1.24. The van der Waals surface area contributed by atoms with Crippen LogP contribution in [0.25, 0.3) is 0 Å². The number of ketones is 1. The van der Waals surface area contributed by atoms with E-state index in [1.165, 1.54) is 0 Å². The number of amides is 1. The van der Waals surface area contributed by atoms with Crippen LogP contribution in [0.3, 0.4) is 0 Å². The van der Waals surface area contributed by atoms with Crippen molar-refractivity contribution in [1.29, 1.82) is 0 Å². The van der Waals surface area contributed by atoms with Gasteiger partial charge in [0, 0.05) is 22.0 Å². The summed E-state index contributed by atoms with van der Waals surface area (Å²) in [6.07, 6.45) is 0.854. The van der Waals surface area contributed by atoms with Crippen molar-refractivity contribution in [2.45, 2.75) is 52.2 Å². The van der Waals surface area contributed by atoms with E-state index in [0.717, 1.165) is 15.6 Å². The van der Waals surface area contributed by atoms with Crippen LogP contribution >= 0.6 is 15.9 Å². The summed E-state index contributed by atoms with van der Waals surface area (Å²) in [5, 5.41) is 2.85. The van der Waals surface area contributed by atoms with Crippen molar-refractivity contribution in [2.24, 2.45) is 5.92 Å². The van der Waals surface area contributed by atoms with Crippen molar-refractivity contribution in [3.05, 3.63) is 33.8 Å². The number of hydrogen-bond donors (Lipinski definition) is 1. The predicted octanol–water partition coefficient (Wildman–Crippen LogP) is 4.11. The van der Waals surface area contributed by atoms with Gasteiger partial charge in [0.25, 0.3) is 0 Å². The zero-order valence-corrected chi connectivity index (χ0v) is 15.0. The zero-order valence-electron chi connectivity index (χ0n) is 13.4. The number of halogens is 1. The second-order valence-electron chi connectivity index (χ2n) is 6.60. The summed E-state index contributed by atoms with van der Waals surface area (Å²) < 4.78 is 6.25. The molecule has 1 aliphatic carbocycles. The Morgan fingerprint density at radius 1 is 1.45 bits per heavy atom. The van der Waals surface area contributed by atoms with E-state index in [9.17, 15) is 9.59 Å². The largest absolute Gasteiger partial charge is 0.444 e. The molecule has 1 amide bonds. The molecule has 0 fully saturated rings. The molecular formula is C17H22BrNO3. The lowest BCUT2D eigenvalue weighted by atomic mass is 9.93. The fourth-order valence-corrected chi connectivity index (χ4v) is 3.31. The van der Waals surface area contributed by atoms with Gasteiger partial charge in [0.2, 0.25) is 0 Å². The van der Waals surface area contributed by atoms with Gasteiger partial charge in [-0.15, -0.1) is 0 Å². The van der Waals surface area contributed by atoms with Crippen LogP contribution < -0.4 is 5.32 Å². The zero-order chi connectivity index (χ0) is 16.5. The second kappa shape index (κ2) is 6.41. The molecule has 0 radical (unpaired) electrons. The number of alkyl carbamates (subject to hydrolysis) is 1. The van der Waals surface area contributed by atoms with Gasteiger partial charge in [-0.25, -0.2) is 4.79 Å². The van der Waals surface area contributed by atoms with E-state index in [-0.39, 0.29) is 17.7 Å². The summed E-state index contributed by atoms with van der Waals surface area (Å²) >= 11 is 3.50. The van der Waals surface area contributed by atoms with Crippen LogP contribution in [0.4, 0.5) is 4.79 Å². The Morgan fingerprint density at radius 2 is 2.14 bits per heavy atom. The van der Waals surface area contributed by atoms with Crippen molar-refractivity contribution >= 4 is 27.8 Å². The number of hydrogen-bond acceptors (Lipinski definition) is 3. The molecule has 0 saturated carbocycles. The van der Waals surface area contributed by atoms with Crippen molar-refractivity contribution in [1.82, 2.24) is 5.32 Å². The standard InChI is InChI=1S/C17H22BrNO3/c1-5-14(19-16(21)22-17(2,3)4)12-9-11-10(15(12)20)7-6-8-13(11)18/h6-8,12,14H,5,9H2,1-4H3,(H,19,21). The van der Waals surface area contributed by atoms with Gasteiger partial charge < -0.3 is 10.1 Å². The minimum absolute atomic E-state index is 0.0965. The first-order valence-electron chi connectivity index (χ1n) is 7.54. The highest BCUT2D eigenvalue weighted by Crippen LogP contribution is 2.34. The highest BCUT2D eigenvalue weighted by molar-refractivity contribution is 9.10. The molecule has 4 nitrogen and oxygen atoms in total. The number of fused-ring (bicyclic) bond motifs is 1. The number of benzene rings is 1. The molecule has 0 saturated heterocycles. The lowest BCUT2D eigenvalue weighted by molar-refractivity contribution is 0.0483.